The van der Waals surface area contributed by atoms with E-state index in [2.05, 4.69) is 0 Å². The molecule has 0 spiro atoms. The van der Waals surface area contributed by atoms with Crippen molar-refractivity contribution in [1.29, 1.82) is 0 Å². The van der Waals surface area contributed by atoms with Crippen LogP contribution in [-0.2, 0) is 0 Å². The van der Waals surface area contributed by atoms with Crippen LogP contribution in [0.25, 0.3) is 0 Å². The Morgan fingerprint density at radius 3 is 2.57 bits per heavy atom. The highest BCUT2D eigenvalue weighted by atomic mass is 16.6. The third-order valence-electron chi connectivity index (χ3n) is 3.26. The number of hydrogen-bond donors (Lipinski definition) is 2. The van der Waals surface area contributed by atoms with Gasteiger partial charge in [0.2, 0.25) is 5.75 Å². The van der Waals surface area contributed by atoms with Gasteiger partial charge in [0, 0.05) is 19.2 Å². The smallest absolute Gasteiger partial charge is 0.311 e. The summed E-state index contributed by atoms with van der Waals surface area (Å²) >= 11 is 0. The number of likely N-dealkylation sites (tertiary alicyclic amines) is 1. The average molecular weight is 296 g/mol. The summed E-state index contributed by atoms with van der Waals surface area (Å²) in [5, 5.41) is 30.0. The lowest BCUT2D eigenvalue weighted by atomic mass is 10.1. The Balaban J connectivity index is 2.36. The molecule has 0 aliphatic carbocycles. The molecule has 1 fully saturated rings. The molecule has 1 heterocycles. The van der Waals surface area contributed by atoms with Crippen LogP contribution >= 0.6 is 0 Å². The second-order valence-corrected chi connectivity index (χ2v) is 4.69. The molecule has 1 aliphatic rings. The number of amides is 1. The maximum atomic E-state index is 12.4. The van der Waals surface area contributed by atoms with Gasteiger partial charge >= 0.3 is 5.69 Å². The molecule has 2 N–H and O–H groups in total. The fourth-order valence-corrected chi connectivity index (χ4v) is 2.24. The van der Waals surface area contributed by atoms with E-state index in [-0.39, 0.29) is 36.7 Å². The van der Waals surface area contributed by atoms with Gasteiger partial charge in [-0.15, -0.1) is 0 Å². The highest BCUT2D eigenvalue weighted by molar-refractivity contribution is 5.98. The van der Waals surface area contributed by atoms with Crippen molar-refractivity contribution in [3.8, 4) is 5.75 Å². The zero-order valence-corrected chi connectivity index (χ0v) is 11.4. The standard InChI is InChI=1S/C13H16N2O6/c1-2-21-12-8(4-3-5-9(12)15(19)20)13(18)14-6-10(16)11(17)7-14/h3-5,10-11,16-17H,2,6-7H2,1H3. The molecule has 8 nitrogen and oxygen atoms in total. The van der Waals surface area contributed by atoms with Gasteiger partial charge in [-0.2, -0.15) is 0 Å². The molecule has 0 aromatic heterocycles. The van der Waals surface area contributed by atoms with E-state index < -0.39 is 23.0 Å². The third kappa shape index (κ3) is 2.96. The van der Waals surface area contributed by atoms with Crippen molar-refractivity contribution in [2.45, 2.75) is 19.1 Å². The fraction of sp³-hybridized carbons (Fsp3) is 0.462. The predicted molar refractivity (Wildman–Crippen MR) is 72.2 cm³/mol. The highest BCUT2D eigenvalue weighted by Crippen LogP contribution is 2.32. The predicted octanol–water partition coefficient (Wildman–Crippen LogP) is 0.171. The third-order valence-corrected chi connectivity index (χ3v) is 3.26. The van der Waals surface area contributed by atoms with Crippen LogP contribution in [0.15, 0.2) is 18.2 Å². The van der Waals surface area contributed by atoms with Gasteiger partial charge in [0.1, 0.15) is 0 Å². The first kappa shape index (κ1) is 15.2. The average Bonchev–Trinajstić information content (AvgIpc) is 2.78. The van der Waals surface area contributed by atoms with E-state index in [1.165, 1.54) is 23.1 Å². The largest absolute Gasteiger partial charge is 0.487 e. The topological polar surface area (TPSA) is 113 Å². The van der Waals surface area contributed by atoms with E-state index in [1.54, 1.807) is 6.92 Å². The number of nitro groups is 1. The second-order valence-electron chi connectivity index (χ2n) is 4.69. The summed E-state index contributed by atoms with van der Waals surface area (Å²) < 4.78 is 5.25. The fourth-order valence-electron chi connectivity index (χ4n) is 2.24. The highest BCUT2D eigenvalue weighted by Gasteiger charge is 2.35. The maximum absolute atomic E-state index is 12.4. The zero-order chi connectivity index (χ0) is 15.6. The van der Waals surface area contributed by atoms with Crippen LogP contribution < -0.4 is 4.74 Å². The van der Waals surface area contributed by atoms with Crippen molar-refractivity contribution in [3.63, 3.8) is 0 Å². The summed E-state index contributed by atoms with van der Waals surface area (Å²) in [4.78, 5) is 24.1. The maximum Gasteiger partial charge on any atom is 0.311 e. The lowest BCUT2D eigenvalue weighted by Crippen LogP contribution is -2.30. The van der Waals surface area contributed by atoms with Crippen LogP contribution in [0.5, 0.6) is 5.75 Å². The second kappa shape index (κ2) is 6.06. The Kier molecular flexibility index (Phi) is 4.39. The molecule has 2 rings (SSSR count). The number of aliphatic hydroxyl groups is 2. The normalized spacial score (nSPS) is 21.4. The number of carbonyl (C=O) groups excluding carboxylic acids is 1. The van der Waals surface area contributed by atoms with Crippen LogP contribution in [0, 0.1) is 10.1 Å². The number of nitro benzene ring substituents is 1. The van der Waals surface area contributed by atoms with Crippen LogP contribution in [0.3, 0.4) is 0 Å². The number of nitrogens with zero attached hydrogens (tertiary/aromatic N) is 2. The molecular formula is C13H16N2O6. The Morgan fingerprint density at radius 2 is 2.05 bits per heavy atom. The monoisotopic (exact) mass is 296 g/mol. The van der Waals surface area contributed by atoms with E-state index in [4.69, 9.17) is 4.74 Å². The van der Waals surface area contributed by atoms with E-state index in [0.717, 1.165) is 0 Å². The van der Waals surface area contributed by atoms with E-state index in [0.29, 0.717) is 0 Å². The van der Waals surface area contributed by atoms with Crippen molar-refractivity contribution >= 4 is 11.6 Å². The van der Waals surface area contributed by atoms with Crippen LogP contribution in [0.1, 0.15) is 17.3 Å². The molecule has 2 atom stereocenters. The van der Waals surface area contributed by atoms with Gasteiger partial charge in [0.05, 0.1) is 29.3 Å². The summed E-state index contributed by atoms with van der Waals surface area (Å²) in [7, 11) is 0. The number of ether oxygens (including phenoxy) is 1. The quantitative estimate of drug-likeness (QED) is 0.605. The Morgan fingerprint density at radius 1 is 1.43 bits per heavy atom. The first-order valence-corrected chi connectivity index (χ1v) is 6.51. The lowest BCUT2D eigenvalue weighted by Gasteiger charge is -2.17. The molecule has 114 valence electrons. The minimum atomic E-state index is -1.01. The van der Waals surface area contributed by atoms with Crippen molar-refractivity contribution in [2.75, 3.05) is 19.7 Å². The number of aliphatic hydroxyl groups excluding tert-OH is 2. The number of benzene rings is 1. The summed E-state index contributed by atoms with van der Waals surface area (Å²) in [6.45, 7) is 1.80. The molecule has 1 amide bonds. The van der Waals surface area contributed by atoms with Gasteiger partial charge in [-0.1, -0.05) is 6.07 Å². The van der Waals surface area contributed by atoms with Gasteiger partial charge < -0.3 is 19.8 Å². The summed E-state index contributed by atoms with van der Waals surface area (Å²) in [6, 6.07) is 4.09. The molecule has 1 aromatic rings. The molecule has 1 aromatic carbocycles. The van der Waals surface area contributed by atoms with Crippen LogP contribution in [0.2, 0.25) is 0 Å². The number of hydrogen-bond acceptors (Lipinski definition) is 6. The zero-order valence-electron chi connectivity index (χ0n) is 11.4. The molecule has 2 unspecified atom stereocenters. The van der Waals surface area contributed by atoms with Gasteiger partial charge in [-0.3, -0.25) is 14.9 Å². The molecule has 8 heteroatoms. The van der Waals surface area contributed by atoms with Crippen molar-refractivity contribution < 1.29 is 24.7 Å². The number of β-amino-alcohol motifs (C(OH)–C–C–N with tert-alkyl or cyclic N) is 2. The van der Waals surface area contributed by atoms with Crippen LogP contribution in [0.4, 0.5) is 5.69 Å². The minimum Gasteiger partial charge on any atom is -0.487 e. The Hall–Kier alpha value is -2.19. The van der Waals surface area contributed by atoms with E-state index >= 15 is 0 Å². The number of para-hydroxylation sites is 1. The van der Waals surface area contributed by atoms with Crippen molar-refractivity contribution in [2.24, 2.45) is 0 Å². The molecule has 0 bridgehead atoms. The molecule has 0 saturated carbocycles. The Bertz CT molecular complexity index is 552. The summed E-state index contributed by atoms with van der Waals surface area (Å²) in [6.07, 6.45) is -2.02. The lowest BCUT2D eigenvalue weighted by molar-refractivity contribution is -0.385. The first-order chi connectivity index (χ1) is 9.95. The van der Waals surface area contributed by atoms with Gasteiger partial charge in [-0.25, -0.2) is 0 Å². The van der Waals surface area contributed by atoms with Gasteiger partial charge in [0.15, 0.2) is 0 Å². The minimum absolute atomic E-state index is 0.0196. The first-order valence-electron chi connectivity index (χ1n) is 6.51. The number of carbonyl (C=O) groups is 1. The summed E-state index contributed by atoms with van der Waals surface area (Å²) in [5.41, 5.74) is -0.240. The van der Waals surface area contributed by atoms with E-state index in [1.807, 2.05) is 0 Å². The molecular weight excluding hydrogens is 280 g/mol. The van der Waals surface area contributed by atoms with E-state index in [9.17, 15) is 25.1 Å². The van der Waals surface area contributed by atoms with Gasteiger partial charge in [0.25, 0.3) is 5.91 Å². The molecule has 1 saturated heterocycles. The number of rotatable bonds is 4. The molecule has 1 aliphatic heterocycles. The van der Waals surface area contributed by atoms with Gasteiger partial charge in [-0.05, 0) is 13.0 Å². The summed E-state index contributed by atoms with van der Waals surface area (Å²) in [5.74, 6) is -0.608. The molecule has 21 heavy (non-hydrogen) atoms. The Labute approximate surface area is 120 Å². The van der Waals surface area contributed by atoms with Crippen LogP contribution in [-0.4, -0.2) is 57.8 Å². The molecule has 0 radical (unpaired) electrons. The van der Waals surface area contributed by atoms with Crippen molar-refractivity contribution in [1.82, 2.24) is 4.90 Å². The SMILES string of the molecule is CCOc1c(C(=O)N2CC(O)C(O)C2)cccc1[N+](=O)[O-]. The van der Waals surface area contributed by atoms with Crippen molar-refractivity contribution in [3.05, 3.63) is 33.9 Å².